The van der Waals surface area contributed by atoms with Crippen LogP contribution in [0.15, 0.2) is 34.8 Å². The van der Waals surface area contributed by atoms with Gasteiger partial charge >= 0.3 is 0 Å². The Morgan fingerprint density at radius 3 is 2.71 bits per heavy atom. The Labute approximate surface area is 98.3 Å². The first-order chi connectivity index (χ1) is 6.56. The lowest BCUT2D eigenvalue weighted by Gasteiger charge is -2.18. The molecule has 1 aromatic carbocycles. The summed E-state index contributed by atoms with van der Waals surface area (Å²) in [6, 6.07) is 5.93. The lowest BCUT2D eigenvalue weighted by atomic mass is 10.0. The van der Waals surface area contributed by atoms with Crippen LogP contribution in [-0.2, 0) is 0 Å². The van der Waals surface area contributed by atoms with E-state index in [0.717, 1.165) is 20.6 Å². The number of likely N-dealkylation sites (N-methyl/N-ethyl adjacent to an activating group) is 1. The highest BCUT2D eigenvalue weighted by molar-refractivity contribution is 9.10. The number of hydrogen-bond donors (Lipinski definition) is 1. The zero-order valence-electron chi connectivity index (χ0n) is 8.27. The van der Waals surface area contributed by atoms with E-state index in [1.165, 1.54) is 0 Å². The molecule has 0 aliphatic rings. The molecule has 3 heteroatoms. The summed E-state index contributed by atoms with van der Waals surface area (Å²) in [6.07, 6.45) is 0. The van der Waals surface area contributed by atoms with Gasteiger partial charge in [0.15, 0.2) is 0 Å². The minimum absolute atomic E-state index is 0.111. The van der Waals surface area contributed by atoms with E-state index in [1.54, 1.807) is 0 Å². The minimum atomic E-state index is 0.111. The highest BCUT2D eigenvalue weighted by atomic mass is 79.9. The van der Waals surface area contributed by atoms with Crippen molar-refractivity contribution in [2.45, 2.75) is 13.0 Å². The maximum absolute atomic E-state index is 6.11. The highest BCUT2D eigenvalue weighted by Gasteiger charge is 2.13. The highest BCUT2D eigenvalue weighted by Crippen LogP contribution is 2.29. The Kier molecular flexibility index (Phi) is 4.17. The predicted octanol–water partition coefficient (Wildman–Crippen LogP) is 3.94. The van der Waals surface area contributed by atoms with Crippen LogP contribution >= 0.6 is 27.5 Å². The molecule has 1 N–H and O–H groups in total. The topological polar surface area (TPSA) is 12.0 Å². The fourth-order valence-corrected chi connectivity index (χ4v) is 2.01. The van der Waals surface area contributed by atoms with E-state index in [4.69, 9.17) is 11.6 Å². The molecular weight excluding hydrogens is 261 g/mol. The summed E-state index contributed by atoms with van der Waals surface area (Å²) in [4.78, 5) is 0. The van der Waals surface area contributed by atoms with Crippen molar-refractivity contribution in [1.29, 1.82) is 0 Å². The predicted molar refractivity (Wildman–Crippen MR) is 65.8 cm³/mol. The number of hydrogen-bond acceptors (Lipinski definition) is 1. The van der Waals surface area contributed by atoms with E-state index in [0.29, 0.717) is 0 Å². The summed E-state index contributed by atoms with van der Waals surface area (Å²) < 4.78 is 1.03. The zero-order chi connectivity index (χ0) is 10.7. The Morgan fingerprint density at radius 1 is 1.57 bits per heavy atom. The van der Waals surface area contributed by atoms with Crippen molar-refractivity contribution in [2.75, 3.05) is 7.05 Å². The van der Waals surface area contributed by atoms with Gasteiger partial charge < -0.3 is 5.32 Å². The van der Waals surface area contributed by atoms with Crippen LogP contribution in [0.5, 0.6) is 0 Å². The van der Waals surface area contributed by atoms with Gasteiger partial charge in [0.25, 0.3) is 0 Å². The molecule has 1 atom stereocenters. The second-order valence-electron chi connectivity index (χ2n) is 3.23. The van der Waals surface area contributed by atoms with Gasteiger partial charge in [0, 0.05) is 9.50 Å². The van der Waals surface area contributed by atoms with Crippen LogP contribution in [0, 0.1) is 0 Å². The SMILES string of the molecule is C=C(C)C(NC)c1cc(Br)ccc1Cl. The van der Waals surface area contributed by atoms with Crippen LogP contribution in [0.4, 0.5) is 0 Å². The molecule has 0 amide bonds. The van der Waals surface area contributed by atoms with Crippen LogP contribution in [0.3, 0.4) is 0 Å². The standard InChI is InChI=1S/C11H13BrClN/c1-7(2)11(14-3)9-6-8(12)4-5-10(9)13/h4-6,11,14H,1H2,2-3H3. The van der Waals surface area contributed by atoms with Gasteiger partial charge in [-0.2, -0.15) is 0 Å². The van der Waals surface area contributed by atoms with E-state index in [9.17, 15) is 0 Å². The quantitative estimate of drug-likeness (QED) is 0.823. The second kappa shape index (κ2) is 4.96. The average molecular weight is 275 g/mol. The molecule has 0 aliphatic carbocycles. The van der Waals surface area contributed by atoms with E-state index in [-0.39, 0.29) is 6.04 Å². The molecule has 1 rings (SSSR count). The molecule has 0 aliphatic heterocycles. The van der Waals surface area contributed by atoms with Crippen molar-refractivity contribution >= 4 is 27.5 Å². The number of benzene rings is 1. The number of nitrogens with one attached hydrogen (secondary N) is 1. The molecule has 76 valence electrons. The zero-order valence-corrected chi connectivity index (χ0v) is 10.6. The van der Waals surface area contributed by atoms with Gasteiger partial charge in [-0.05, 0) is 37.7 Å². The van der Waals surface area contributed by atoms with Crippen LogP contribution in [0.25, 0.3) is 0 Å². The van der Waals surface area contributed by atoms with Crippen molar-refractivity contribution in [3.05, 3.63) is 45.4 Å². The summed E-state index contributed by atoms with van der Waals surface area (Å²) in [7, 11) is 1.90. The Balaban J connectivity index is 3.15. The molecule has 1 unspecified atom stereocenters. The first-order valence-corrected chi connectivity index (χ1v) is 5.51. The van der Waals surface area contributed by atoms with Gasteiger partial charge in [-0.25, -0.2) is 0 Å². The van der Waals surface area contributed by atoms with E-state index in [1.807, 2.05) is 32.2 Å². The molecule has 0 saturated carbocycles. The Hall–Kier alpha value is -0.310. The number of halogens is 2. The van der Waals surface area contributed by atoms with Gasteiger partial charge in [0.1, 0.15) is 0 Å². The molecule has 14 heavy (non-hydrogen) atoms. The third kappa shape index (κ3) is 2.59. The van der Waals surface area contributed by atoms with E-state index < -0.39 is 0 Å². The molecule has 0 bridgehead atoms. The summed E-state index contributed by atoms with van der Waals surface area (Å²) in [6.45, 7) is 5.92. The van der Waals surface area contributed by atoms with Crippen molar-refractivity contribution < 1.29 is 0 Å². The second-order valence-corrected chi connectivity index (χ2v) is 4.56. The van der Waals surface area contributed by atoms with Gasteiger partial charge in [0.05, 0.1) is 6.04 Å². The molecule has 0 heterocycles. The summed E-state index contributed by atoms with van der Waals surface area (Å²) in [5.74, 6) is 0. The van der Waals surface area contributed by atoms with E-state index in [2.05, 4.69) is 27.8 Å². The smallest absolute Gasteiger partial charge is 0.0543 e. The maximum Gasteiger partial charge on any atom is 0.0543 e. The fraction of sp³-hybridized carbons (Fsp3) is 0.273. The van der Waals surface area contributed by atoms with Crippen LogP contribution < -0.4 is 5.32 Å². The van der Waals surface area contributed by atoms with Crippen LogP contribution in [0.2, 0.25) is 5.02 Å². The molecule has 1 nitrogen and oxygen atoms in total. The third-order valence-corrected chi connectivity index (χ3v) is 2.89. The minimum Gasteiger partial charge on any atom is -0.310 e. The molecule has 1 aromatic rings. The molecule has 0 spiro atoms. The first kappa shape index (κ1) is 11.8. The monoisotopic (exact) mass is 273 g/mol. The lowest BCUT2D eigenvalue weighted by Crippen LogP contribution is -2.17. The van der Waals surface area contributed by atoms with Gasteiger partial charge in [-0.15, -0.1) is 0 Å². The normalized spacial score (nSPS) is 12.6. The van der Waals surface area contributed by atoms with Crippen molar-refractivity contribution in [3.63, 3.8) is 0 Å². The lowest BCUT2D eigenvalue weighted by molar-refractivity contribution is 0.679. The van der Waals surface area contributed by atoms with Crippen LogP contribution in [-0.4, -0.2) is 7.05 Å². The molecule has 0 aromatic heterocycles. The van der Waals surface area contributed by atoms with Gasteiger partial charge in [-0.1, -0.05) is 39.7 Å². The molecular formula is C11H13BrClN. The van der Waals surface area contributed by atoms with Crippen LogP contribution in [0.1, 0.15) is 18.5 Å². The Morgan fingerprint density at radius 2 is 2.21 bits per heavy atom. The van der Waals surface area contributed by atoms with Gasteiger partial charge in [-0.3, -0.25) is 0 Å². The summed E-state index contributed by atoms with van der Waals surface area (Å²) in [5, 5.41) is 3.94. The van der Waals surface area contributed by atoms with E-state index >= 15 is 0 Å². The molecule has 0 fully saturated rings. The first-order valence-electron chi connectivity index (χ1n) is 4.34. The van der Waals surface area contributed by atoms with Crippen molar-refractivity contribution in [2.24, 2.45) is 0 Å². The fourth-order valence-electron chi connectivity index (χ4n) is 1.40. The Bertz CT molecular complexity index is 349. The third-order valence-electron chi connectivity index (χ3n) is 2.05. The van der Waals surface area contributed by atoms with Crippen molar-refractivity contribution in [3.8, 4) is 0 Å². The summed E-state index contributed by atoms with van der Waals surface area (Å²) >= 11 is 9.54. The largest absolute Gasteiger partial charge is 0.310 e. The van der Waals surface area contributed by atoms with Gasteiger partial charge in [0.2, 0.25) is 0 Å². The molecule has 0 saturated heterocycles. The molecule has 0 radical (unpaired) electrons. The number of rotatable bonds is 3. The summed E-state index contributed by atoms with van der Waals surface area (Å²) in [5.41, 5.74) is 2.10. The van der Waals surface area contributed by atoms with Crippen molar-refractivity contribution in [1.82, 2.24) is 5.32 Å². The maximum atomic E-state index is 6.11. The average Bonchev–Trinajstić information content (AvgIpc) is 2.11.